The van der Waals surface area contributed by atoms with Crippen LogP contribution in [0.5, 0.6) is 0 Å². The molecule has 0 amide bonds. The van der Waals surface area contributed by atoms with E-state index in [-0.39, 0.29) is 17.0 Å². The second-order valence-corrected chi connectivity index (χ2v) is 12.8. The molecule has 0 spiro atoms. The topological polar surface area (TPSA) is 279 Å². The molecule has 22 heteroatoms. The number of aliphatic hydroxyl groups is 2. The third-order valence-electron chi connectivity index (χ3n) is 4.61. The Morgan fingerprint density at radius 2 is 1.81 bits per heavy atom. The molecule has 6 atom stereocenters. The number of thioether (sulfide) groups is 1. The van der Waals surface area contributed by atoms with Crippen LogP contribution in [0.25, 0.3) is 11.2 Å². The van der Waals surface area contributed by atoms with Crippen molar-refractivity contribution in [3.05, 3.63) is 6.33 Å². The molecule has 0 saturated carbocycles. The highest BCUT2D eigenvalue weighted by atomic mass is 32.2. The van der Waals surface area contributed by atoms with Crippen molar-refractivity contribution in [1.29, 1.82) is 0 Å². The Kier molecular flexibility index (Phi) is 9.35. The number of nitrogen functional groups attached to an aromatic ring is 1. The molecule has 18 nitrogen and oxygen atoms in total. The third kappa shape index (κ3) is 7.30. The normalized spacial score (nSPS) is 26.2. The maximum atomic E-state index is 12.0. The van der Waals surface area contributed by atoms with Crippen molar-refractivity contribution in [3.8, 4) is 0 Å². The Bertz CT molecular complexity index is 1230. The van der Waals surface area contributed by atoms with Crippen LogP contribution in [0.1, 0.15) is 26.0 Å². The Balaban J connectivity index is 1.79. The standard InChI is InChI=1S/C14H24N5O13P3S/c1-2-3-4-36-14-18-8-11(15)16-6-17-12(8)19(14)13-10(21)9(20)7(30-13)5-29-34(25,26)32-35(27,28)31-33(22,23)24/h6-7,9-10,13,20-21H,2-5H2,1H3,(H,25,26)(H,27,28)(H2,15,16,17)(H2,22,23,24). The van der Waals surface area contributed by atoms with Gasteiger partial charge in [0.05, 0.1) is 6.61 Å². The van der Waals surface area contributed by atoms with Gasteiger partial charge in [-0.3, -0.25) is 9.09 Å². The molecular weight excluding hydrogens is 571 g/mol. The summed E-state index contributed by atoms with van der Waals surface area (Å²) < 4.78 is 53.0. The van der Waals surface area contributed by atoms with Gasteiger partial charge in [-0.1, -0.05) is 25.1 Å². The zero-order valence-electron chi connectivity index (χ0n) is 18.4. The van der Waals surface area contributed by atoms with Gasteiger partial charge >= 0.3 is 23.5 Å². The van der Waals surface area contributed by atoms with Crippen molar-refractivity contribution in [2.24, 2.45) is 0 Å². The fourth-order valence-corrected chi connectivity index (χ4v) is 7.23. The van der Waals surface area contributed by atoms with Gasteiger partial charge in [0.2, 0.25) is 0 Å². The summed E-state index contributed by atoms with van der Waals surface area (Å²) in [5, 5.41) is 21.4. The maximum Gasteiger partial charge on any atom is 0.490 e. The second-order valence-electron chi connectivity index (χ2n) is 7.33. The van der Waals surface area contributed by atoms with E-state index in [1.54, 1.807) is 0 Å². The number of imidazole rings is 1. The molecule has 8 N–H and O–H groups in total. The summed E-state index contributed by atoms with van der Waals surface area (Å²) in [6, 6.07) is 0. The van der Waals surface area contributed by atoms with E-state index in [0.717, 1.165) is 12.8 Å². The van der Waals surface area contributed by atoms with Gasteiger partial charge in [-0.25, -0.2) is 28.6 Å². The number of nitrogens with zero attached hydrogens (tertiary/aromatic N) is 4. The summed E-state index contributed by atoms with van der Waals surface area (Å²) in [5.74, 6) is 0.710. The molecule has 3 rings (SSSR count). The van der Waals surface area contributed by atoms with E-state index >= 15 is 0 Å². The van der Waals surface area contributed by atoms with Crippen LogP contribution in [-0.4, -0.2) is 80.0 Å². The van der Waals surface area contributed by atoms with Crippen molar-refractivity contribution in [2.75, 3.05) is 18.1 Å². The zero-order chi connectivity index (χ0) is 26.9. The molecule has 0 aliphatic carbocycles. The predicted molar refractivity (Wildman–Crippen MR) is 121 cm³/mol. The SMILES string of the molecule is CCCCSc1nc2c(N)ncnc2n1C1OC(COP(=O)(O)OP(=O)(O)OP(=O)(O)O)C(O)C1O. The van der Waals surface area contributed by atoms with E-state index in [1.807, 2.05) is 6.92 Å². The number of phosphoric ester groups is 1. The maximum absolute atomic E-state index is 12.0. The number of aliphatic hydroxyl groups excluding tert-OH is 2. The van der Waals surface area contributed by atoms with Crippen molar-refractivity contribution < 1.29 is 61.4 Å². The average Bonchev–Trinajstić information content (AvgIpc) is 3.22. The minimum atomic E-state index is -5.72. The van der Waals surface area contributed by atoms with Crippen LogP contribution in [0.2, 0.25) is 0 Å². The molecule has 0 radical (unpaired) electrons. The van der Waals surface area contributed by atoms with Crippen molar-refractivity contribution >= 4 is 52.2 Å². The highest BCUT2D eigenvalue weighted by molar-refractivity contribution is 7.99. The van der Waals surface area contributed by atoms with Gasteiger partial charge in [0.25, 0.3) is 0 Å². The predicted octanol–water partition coefficient (Wildman–Crippen LogP) is 0.263. The summed E-state index contributed by atoms with van der Waals surface area (Å²) in [6.45, 7) is 1.04. The van der Waals surface area contributed by atoms with Gasteiger partial charge in [0, 0.05) is 5.75 Å². The number of fused-ring (bicyclic) bond motifs is 1. The second kappa shape index (κ2) is 11.4. The number of aromatic nitrogens is 4. The molecule has 3 heterocycles. The van der Waals surface area contributed by atoms with Crippen LogP contribution >= 0.6 is 35.2 Å². The smallest absolute Gasteiger partial charge is 0.387 e. The number of hydrogen-bond acceptors (Lipinski definition) is 14. The summed E-state index contributed by atoms with van der Waals surface area (Å²) in [6.07, 6.45) is -3.17. The fraction of sp³-hybridized carbons (Fsp3) is 0.643. The molecule has 204 valence electrons. The molecule has 0 aromatic carbocycles. The van der Waals surface area contributed by atoms with Crippen molar-refractivity contribution in [3.63, 3.8) is 0 Å². The van der Waals surface area contributed by atoms with E-state index in [9.17, 15) is 33.7 Å². The molecule has 6 unspecified atom stereocenters. The van der Waals surface area contributed by atoms with Gasteiger partial charge in [-0.15, -0.1) is 0 Å². The first-order valence-corrected chi connectivity index (χ1v) is 15.6. The summed E-state index contributed by atoms with van der Waals surface area (Å²) in [7, 11) is -16.8. The number of hydrogen-bond donors (Lipinski definition) is 7. The molecule has 1 aliphatic heterocycles. The lowest BCUT2D eigenvalue weighted by Crippen LogP contribution is -2.33. The van der Waals surface area contributed by atoms with E-state index < -0.39 is 54.6 Å². The van der Waals surface area contributed by atoms with E-state index in [1.165, 1.54) is 22.7 Å². The minimum absolute atomic E-state index is 0.0633. The number of ether oxygens (including phenoxy) is 1. The molecule has 1 aliphatic rings. The molecular formula is C14H24N5O13P3S. The van der Waals surface area contributed by atoms with Gasteiger partial charge in [0.1, 0.15) is 24.6 Å². The first kappa shape index (κ1) is 29.5. The number of phosphoric acid groups is 3. The molecule has 0 bridgehead atoms. The number of anilines is 1. The highest BCUT2D eigenvalue weighted by Crippen LogP contribution is 2.66. The third-order valence-corrected chi connectivity index (χ3v) is 9.45. The lowest BCUT2D eigenvalue weighted by molar-refractivity contribution is -0.0540. The zero-order valence-corrected chi connectivity index (χ0v) is 21.9. The van der Waals surface area contributed by atoms with Gasteiger partial charge in [0.15, 0.2) is 28.4 Å². The summed E-state index contributed by atoms with van der Waals surface area (Å²) in [4.78, 5) is 48.4. The first-order valence-electron chi connectivity index (χ1n) is 10.1. The Morgan fingerprint density at radius 3 is 2.44 bits per heavy atom. The van der Waals surface area contributed by atoms with E-state index in [4.69, 9.17) is 20.3 Å². The lowest BCUT2D eigenvalue weighted by atomic mass is 10.1. The van der Waals surface area contributed by atoms with E-state index in [0.29, 0.717) is 10.9 Å². The summed E-state index contributed by atoms with van der Waals surface area (Å²) in [5.41, 5.74) is 6.29. The highest BCUT2D eigenvalue weighted by Gasteiger charge is 2.47. The van der Waals surface area contributed by atoms with Crippen LogP contribution in [-0.2, 0) is 31.6 Å². The monoisotopic (exact) mass is 595 g/mol. The first-order chi connectivity index (χ1) is 16.6. The molecule has 2 aromatic rings. The molecule has 1 saturated heterocycles. The Hall–Kier alpha value is -1.01. The van der Waals surface area contributed by atoms with Crippen LogP contribution in [0.3, 0.4) is 0 Å². The van der Waals surface area contributed by atoms with Crippen LogP contribution < -0.4 is 5.73 Å². The number of unbranched alkanes of at least 4 members (excludes halogenated alkanes) is 1. The van der Waals surface area contributed by atoms with Crippen LogP contribution in [0.15, 0.2) is 11.5 Å². The largest absolute Gasteiger partial charge is 0.490 e. The summed E-state index contributed by atoms with van der Waals surface area (Å²) >= 11 is 1.31. The fourth-order valence-electron chi connectivity index (χ4n) is 3.10. The van der Waals surface area contributed by atoms with Crippen molar-refractivity contribution in [2.45, 2.75) is 49.5 Å². The van der Waals surface area contributed by atoms with Crippen molar-refractivity contribution in [1.82, 2.24) is 19.5 Å². The molecule has 36 heavy (non-hydrogen) atoms. The van der Waals surface area contributed by atoms with Gasteiger partial charge < -0.3 is 40.3 Å². The molecule has 2 aromatic heterocycles. The molecule has 1 fully saturated rings. The van der Waals surface area contributed by atoms with Crippen LogP contribution in [0.4, 0.5) is 5.82 Å². The van der Waals surface area contributed by atoms with E-state index in [2.05, 4.69) is 28.1 Å². The minimum Gasteiger partial charge on any atom is -0.387 e. The Labute approximate surface area is 207 Å². The average molecular weight is 595 g/mol. The number of nitrogens with two attached hydrogens (primary N) is 1. The van der Waals surface area contributed by atoms with Gasteiger partial charge in [-0.2, -0.15) is 8.62 Å². The van der Waals surface area contributed by atoms with Crippen LogP contribution in [0, 0.1) is 0 Å². The van der Waals surface area contributed by atoms with Gasteiger partial charge in [-0.05, 0) is 6.42 Å². The lowest BCUT2D eigenvalue weighted by Gasteiger charge is -2.19. The number of rotatable bonds is 12. The Morgan fingerprint density at radius 1 is 1.11 bits per heavy atom. The quantitative estimate of drug-likeness (QED) is 0.0984.